The Hall–Kier alpha value is -3.81. The number of aromatic nitrogens is 1. The van der Waals surface area contributed by atoms with Crippen molar-refractivity contribution in [3.8, 4) is 11.1 Å². The van der Waals surface area contributed by atoms with Crippen LogP contribution in [0, 0.1) is 11.6 Å². The number of hydrogen-bond acceptors (Lipinski definition) is 4. The summed E-state index contributed by atoms with van der Waals surface area (Å²) in [4.78, 5) is 34.1. The zero-order valence-corrected chi connectivity index (χ0v) is 20.5. The average molecular weight is 491 g/mol. The highest BCUT2D eigenvalue weighted by atomic mass is 19.1. The van der Waals surface area contributed by atoms with Crippen LogP contribution in [-0.4, -0.2) is 39.8 Å². The Morgan fingerprint density at radius 1 is 1.11 bits per heavy atom. The first-order valence-electron chi connectivity index (χ1n) is 12.1. The standard InChI is InChI=1S/C28H28F2N4O2/c1-17-5-4-12-33(17)26(35)19-8-6-18(7-9-19)20-14-24-25(31-15-20)32-28(2,3)27(36)34(24)16-21-13-22(29)10-11-23(21)30/h6-11,13-15,17H,4-5,12,16H2,1-3H3,(H,31,32)/t17-/m1/s1. The highest BCUT2D eigenvalue weighted by molar-refractivity contribution is 6.07. The minimum absolute atomic E-state index is 0.0236. The molecule has 8 heteroatoms. The first kappa shape index (κ1) is 23.9. The summed E-state index contributed by atoms with van der Waals surface area (Å²) in [5, 5.41) is 3.15. The van der Waals surface area contributed by atoms with Gasteiger partial charge in [-0.3, -0.25) is 9.59 Å². The molecule has 0 aliphatic carbocycles. The Morgan fingerprint density at radius 2 is 1.86 bits per heavy atom. The lowest BCUT2D eigenvalue weighted by molar-refractivity contribution is -0.122. The molecule has 1 fully saturated rings. The molecule has 0 spiro atoms. The minimum atomic E-state index is -0.972. The molecule has 3 heterocycles. The van der Waals surface area contributed by atoms with Gasteiger partial charge < -0.3 is 15.1 Å². The molecule has 36 heavy (non-hydrogen) atoms. The van der Waals surface area contributed by atoms with Crippen LogP contribution in [0.4, 0.5) is 20.3 Å². The van der Waals surface area contributed by atoms with Gasteiger partial charge in [0.15, 0.2) is 5.82 Å². The lowest BCUT2D eigenvalue weighted by Gasteiger charge is -2.39. The number of halogens is 2. The second kappa shape index (κ2) is 9.00. The molecule has 1 aromatic heterocycles. The Kier molecular flexibility index (Phi) is 5.98. The number of likely N-dealkylation sites (tertiary alicyclic amines) is 1. The molecule has 0 unspecified atom stereocenters. The van der Waals surface area contributed by atoms with E-state index in [-0.39, 0.29) is 30.0 Å². The normalized spacial score (nSPS) is 18.7. The van der Waals surface area contributed by atoms with Gasteiger partial charge in [-0.2, -0.15) is 0 Å². The Labute approximate surface area is 208 Å². The molecular weight excluding hydrogens is 462 g/mol. The average Bonchev–Trinajstić information content (AvgIpc) is 3.29. The molecule has 1 atom stereocenters. The molecule has 6 nitrogen and oxygen atoms in total. The molecule has 1 saturated heterocycles. The number of fused-ring (bicyclic) bond motifs is 1. The first-order chi connectivity index (χ1) is 17.1. The number of nitrogens with zero attached hydrogens (tertiary/aromatic N) is 3. The third-order valence-corrected chi connectivity index (χ3v) is 6.98. The van der Waals surface area contributed by atoms with Gasteiger partial charge in [0.05, 0.1) is 12.2 Å². The summed E-state index contributed by atoms with van der Waals surface area (Å²) in [6, 6.07) is 12.6. The van der Waals surface area contributed by atoms with E-state index < -0.39 is 17.2 Å². The van der Waals surface area contributed by atoms with Gasteiger partial charge in [-0.1, -0.05) is 12.1 Å². The molecule has 2 aliphatic heterocycles. The zero-order valence-electron chi connectivity index (χ0n) is 20.5. The fourth-order valence-corrected chi connectivity index (χ4v) is 4.91. The van der Waals surface area contributed by atoms with E-state index >= 15 is 0 Å². The number of nitrogens with one attached hydrogen (secondary N) is 1. The molecule has 2 aliphatic rings. The molecular formula is C28H28F2N4O2. The lowest BCUT2D eigenvalue weighted by atomic mass is 9.97. The largest absolute Gasteiger partial charge is 0.355 e. The van der Waals surface area contributed by atoms with E-state index in [0.717, 1.165) is 48.7 Å². The Bertz CT molecular complexity index is 1340. The molecule has 2 aromatic carbocycles. The second-order valence-corrected chi connectivity index (χ2v) is 10.0. The van der Waals surface area contributed by atoms with Gasteiger partial charge in [-0.05, 0) is 75.6 Å². The number of amides is 2. The van der Waals surface area contributed by atoms with Crippen molar-refractivity contribution in [3.63, 3.8) is 0 Å². The van der Waals surface area contributed by atoms with Crippen LogP contribution in [0.15, 0.2) is 54.7 Å². The fourth-order valence-electron chi connectivity index (χ4n) is 4.91. The van der Waals surface area contributed by atoms with Crippen molar-refractivity contribution in [2.45, 2.75) is 51.7 Å². The minimum Gasteiger partial charge on any atom is -0.355 e. The molecule has 0 bridgehead atoms. The van der Waals surface area contributed by atoms with E-state index in [0.29, 0.717) is 17.1 Å². The summed E-state index contributed by atoms with van der Waals surface area (Å²) < 4.78 is 28.3. The van der Waals surface area contributed by atoms with Crippen LogP contribution in [0.5, 0.6) is 0 Å². The van der Waals surface area contributed by atoms with Crippen LogP contribution in [-0.2, 0) is 11.3 Å². The second-order valence-electron chi connectivity index (χ2n) is 10.0. The van der Waals surface area contributed by atoms with Crippen molar-refractivity contribution in [2.24, 2.45) is 0 Å². The van der Waals surface area contributed by atoms with E-state index in [2.05, 4.69) is 17.2 Å². The molecule has 0 radical (unpaired) electrons. The maximum Gasteiger partial charge on any atom is 0.254 e. The maximum atomic E-state index is 14.4. The smallest absolute Gasteiger partial charge is 0.254 e. The predicted molar refractivity (Wildman–Crippen MR) is 135 cm³/mol. The summed E-state index contributed by atoms with van der Waals surface area (Å²) in [6.07, 6.45) is 3.73. The molecule has 2 amide bonds. The lowest BCUT2D eigenvalue weighted by Crippen LogP contribution is -2.53. The SMILES string of the molecule is C[C@@H]1CCCN1C(=O)c1ccc(-c2cnc3c(c2)N(Cc2cc(F)ccc2F)C(=O)C(C)(C)N3)cc1. The van der Waals surface area contributed by atoms with Crippen LogP contribution in [0.25, 0.3) is 11.1 Å². The molecule has 5 rings (SSSR count). The number of pyridine rings is 1. The Morgan fingerprint density at radius 3 is 2.56 bits per heavy atom. The third-order valence-electron chi connectivity index (χ3n) is 6.98. The first-order valence-corrected chi connectivity index (χ1v) is 12.1. The van der Waals surface area contributed by atoms with Crippen LogP contribution in [0.1, 0.15) is 49.5 Å². The maximum absolute atomic E-state index is 14.4. The summed E-state index contributed by atoms with van der Waals surface area (Å²) >= 11 is 0. The van der Waals surface area contributed by atoms with Crippen LogP contribution < -0.4 is 10.2 Å². The summed E-state index contributed by atoms with van der Waals surface area (Å²) in [6.45, 7) is 6.15. The molecule has 1 N–H and O–H groups in total. The van der Waals surface area contributed by atoms with Crippen LogP contribution in [0.2, 0.25) is 0 Å². The van der Waals surface area contributed by atoms with E-state index in [1.807, 2.05) is 17.0 Å². The monoisotopic (exact) mass is 490 g/mol. The van der Waals surface area contributed by atoms with Crippen LogP contribution in [0.3, 0.4) is 0 Å². The van der Waals surface area contributed by atoms with Crippen molar-refractivity contribution in [3.05, 3.63) is 77.5 Å². The van der Waals surface area contributed by atoms with Crippen molar-refractivity contribution in [1.82, 2.24) is 9.88 Å². The topological polar surface area (TPSA) is 65.5 Å². The van der Waals surface area contributed by atoms with Gasteiger partial charge in [0.25, 0.3) is 11.8 Å². The van der Waals surface area contributed by atoms with Crippen LogP contribution >= 0.6 is 0 Å². The van der Waals surface area contributed by atoms with Crippen molar-refractivity contribution >= 4 is 23.3 Å². The number of carbonyl (C=O) groups is 2. The highest BCUT2D eigenvalue weighted by Crippen LogP contribution is 2.38. The summed E-state index contributed by atoms with van der Waals surface area (Å²) in [5.41, 5.74) is 1.77. The van der Waals surface area contributed by atoms with E-state index in [1.165, 1.54) is 4.90 Å². The van der Waals surface area contributed by atoms with Gasteiger partial charge in [-0.25, -0.2) is 13.8 Å². The van der Waals surface area contributed by atoms with Gasteiger partial charge >= 0.3 is 0 Å². The third kappa shape index (κ3) is 4.32. The van der Waals surface area contributed by atoms with Gasteiger partial charge in [-0.15, -0.1) is 0 Å². The number of rotatable bonds is 4. The number of benzene rings is 2. The Balaban J connectivity index is 1.47. The quantitative estimate of drug-likeness (QED) is 0.533. The molecule has 3 aromatic rings. The molecule has 186 valence electrons. The number of hydrogen-bond donors (Lipinski definition) is 1. The summed E-state index contributed by atoms with van der Waals surface area (Å²) in [5.74, 6) is -0.930. The number of carbonyl (C=O) groups excluding carboxylic acids is 2. The van der Waals surface area contributed by atoms with Crippen molar-refractivity contribution in [1.29, 1.82) is 0 Å². The van der Waals surface area contributed by atoms with Crippen molar-refractivity contribution in [2.75, 3.05) is 16.8 Å². The van der Waals surface area contributed by atoms with Crippen molar-refractivity contribution < 1.29 is 18.4 Å². The summed E-state index contributed by atoms with van der Waals surface area (Å²) in [7, 11) is 0. The van der Waals surface area contributed by atoms with E-state index in [1.54, 1.807) is 38.2 Å². The molecule has 0 saturated carbocycles. The van der Waals surface area contributed by atoms with Gasteiger partial charge in [0, 0.05) is 35.5 Å². The van der Waals surface area contributed by atoms with E-state index in [9.17, 15) is 18.4 Å². The fraction of sp³-hybridized carbons (Fsp3) is 0.321. The zero-order chi connectivity index (χ0) is 25.6. The predicted octanol–water partition coefficient (Wildman–Crippen LogP) is 5.39. The van der Waals surface area contributed by atoms with Gasteiger partial charge in [0.2, 0.25) is 0 Å². The van der Waals surface area contributed by atoms with E-state index in [4.69, 9.17) is 0 Å². The van der Waals surface area contributed by atoms with Gasteiger partial charge in [0.1, 0.15) is 17.2 Å². The highest BCUT2D eigenvalue weighted by Gasteiger charge is 2.40. The number of anilines is 2.